The molecule has 1 heterocycles. The van der Waals surface area contributed by atoms with E-state index in [1.54, 1.807) is 0 Å². The second kappa shape index (κ2) is 11.4. The molecule has 1 fully saturated rings. The molecule has 1 saturated heterocycles. The van der Waals surface area contributed by atoms with Crippen molar-refractivity contribution in [2.45, 2.75) is 64.7 Å². The van der Waals surface area contributed by atoms with Gasteiger partial charge in [-0.1, -0.05) is 18.2 Å². The minimum atomic E-state index is -4.39. The van der Waals surface area contributed by atoms with Gasteiger partial charge >= 0.3 is 12.3 Å². The Morgan fingerprint density at radius 2 is 1.77 bits per heavy atom. The number of alkyl halides is 3. The summed E-state index contributed by atoms with van der Waals surface area (Å²) in [6, 6.07) is 7.80. The molecule has 1 aliphatic carbocycles. The van der Waals surface area contributed by atoms with Crippen molar-refractivity contribution in [3.8, 4) is 5.75 Å². The van der Waals surface area contributed by atoms with Crippen molar-refractivity contribution in [3.63, 3.8) is 0 Å². The van der Waals surface area contributed by atoms with Gasteiger partial charge in [-0.2, -0.15) is 17.7 Å². The number of halogens is 3. The number of aliphatic hydroxyl groups excluding tert-OH is 1. The van der Waals surface area contributed by atoms with Crippen molar-refractivity contribution in [1.29, 1.82) is 0 Å². The monoisotopic (exact) mass is 497 g/mol. The third-order valence-corrected chi connectivity index (χ3v) is 6.24. The first-order valence-electron chi connectivity index (χ1n) is 12.2. The number of nitrogens with zero attached hydrogens (tertiary/aromatic N) is 1. The second-order valence-electron chi connectivity index (χ2n) is 10.3. The van der Waals surface area contributed by atoms with Gasteiger partial charge in [-0.25, -0.2) is 0 Å². The van der Waals surface area contributed by atoms with Gasteiger partial charge in [-0.3, -0.25) is 4.79 Å². The lowest BCUT2D eigenvalue weighted by Crippen LogP contribution is -2.38. The van der Waals surface area contributed by atoms with E-state index in [1.807, 2.05) is 61.0 Å². The number of ether oxygens (including phenoxy) is 2. The number of hydrogen-bond acceptors (Lipinski definition) is 3. The van der Waals surface area contributed by atoms with Gasteiger partial charge in [0, 0.05) is 24.7 Å². The Bertz CT molecular complexity index is 923. The minimum absolute atomic E-state index is 0.0160. The zero-order valence-corrected chi connectivity index (χ0v) is 20.7. The Morgan fingerprint density at radius 1 is 1.11 bits per heavy atom. The van der Waals surface area contributed by atoms with Crippen LogP contribution in [-0.4, -0.2) is 59.7 Å². The third kappa shape index (κ3) is 8.78. The first-order valence-corrected chi connectivity index (χ1v) is 12.2. The summed E-state index contributed by atoms with van der Waals surface area (Å²) in [6.07, 6.45) is 0.948. The summed E-state index contributed by atoms with van der Waals surface area (Å²) < 4.78 is 50.3. The van der Waals surface area contributed by atoms with Crippen LogP contribution >= 0.6 is 0 Å². The van der Waals surface area contributed by atoms with Gasteiger partial charge < -0.3 is 19.9 Å². The van der Waals surface area contributed by atoms with E-state index >= 15 is 0 Å². The highest BCUT2D eigenvalue weighted by Gasteiger charge is 2.30. The van der Waals surface area contributed by atoms with Gasteiger partial charge in [0.1, 0.15) is 31.0 Å². The van der Waals surface area contributed by atoms with Crippen LogP contribution in [0.1, 0.15) is 58.4 Å². The fraction of sp³-hybridized carbons (Fsp3) is 0.615. The molecule has 2 aliphatic rings. The number of benzene rings is 1. The van der Waals surface area contributed by atoms with Crippen LogP contribution in [-0.2, 0) is 9.53 Å². The predicted molar refractivity (Wildman–Crippen MR) is 128 cm³/mol. The molecule has 6 nitrogen and oxygen atoms in total. The van der Waals surface area contributed by atoms with E-state index in [1.165, 1.54) is 0 Å². The van der Waals surface area contributed by atoms with Crippen LogP contribution in [0.25, 0.3) is 5.57 Å². The maximum absolute atomic E-state index is 12.3. The summed E-state index contributed by atoms with van der Waals surface area (Å²) in [6.45, 7) is 6.46. The van der Waals surface area contributed by atoms with Crippen molar-refractivity contribution in [1.82, 2.24) is 5.32 Å². The molecule has 0 aromatic heterocycles. The molecule has 35 heavy (non-hydrogen) atoms. The van der Waals surface area contributed by atoms with Gasteiger partial charge in [0.2, 0.25) is 5.91 Å². The Labute approximate surface area is 204 Å². The molecule has 1 amide bonds. The van der Waals surface area contributed by atoms with Crippen LogP contribution in [0, 0.1) is 11.8 Å². The van der Waals surface area contributed by atoms with Crippen LogP contribution < -0.4 is 10.1 Å². The molecule has 1 aromatic carbocycles. The van der Waals surface area contributed by atoms with Crippen LogP contribution in [0.2, 0.25) is 0 Å². The van der Waals surface area contributed by atoms with E-state index in [9.17, 15) is 23.1 Å². The summed E-state index contributed by atoms with van der Waals surface area (Å²) in [4.78, 5) is 12.0. The zero-order chi connectivity index (χ0) is 25.6. The van der Waals surface area contributed by atoms with Crippen molar-refractivity contribution in [2.75, 3.05) is 26.2 Å². The number of amides is 1. The van der Waals surface area contributed by atoms with Gasteiger partial charge in [0.05, 0.1) is 6.61 Å². The van der Waals surface area contributed by atoms with E-state index in [0.29, 0.717) is 31.8 Å². The highest BCUT2D eigenvalue weighted by atomic mass is 19.4. The van der Waals surface area contributed by atoms with E-state index in [-0.39, 0.29) is 6.08 Å². The molecule has 0 spiro atoms. The molecule has 2 N–H and O–H groups in total. The SMILES string of the molecule is CC(C)(C)OC(O)=[N+]1CCC(COc2ccc(C3=CCC(C(=O)NCC(F)(F)F)CC3)cc2)CC1. The summed E-state index contributed by atoms with van der Waals surface area (Å²) in [5.74, 6) is 0.217. The number of nitrogens with one attached hydrogen (secondary N) is 1. The summed E-state index contributed by atoms with van der Waals surface area (Å²) in [5.41, 5.74) is 1.69. The van der Waals surface area contributed by atoms with E-state index in [2.05, 4.69) is 0 Å². The average molecular weight is 498 g/mol. The first-order chi connectivity index (χ1) is 16.4. The molecule has 1 unspecified atom stereocenters. The number of carbonyl (C=O) groups is 1. The summed E-state index contributed by atoms with van der Waals surface area (Å²) in [5, 5.41) is 12.1. The van der Waals surface area contributed by atoms with Crippen LogP contribution in [0.4, 0.5) is 13.2 Å². The maximum atomic E-state index is 12.3. The Kier molecular flexibility index (Phi) is 8.72. The molecule has 1 atom stereocenters. The standard InChI is InChI=1S/C26H35F3N2O4/c1-25(2,3)35-24(33)31-14-12-18(13-15-31)16-34-22-10-8-20(9-11-22)19-4-6-21(7-5-19)23(32)30-17-26(27,28)29/h4,8-11,18,21H,5-7,12-17H2,1-3H3,(H,30,32)/p+1. The van der Waals surface area contributed by atoms with E-state index in [0.717, 1.165) is 42.8 Å². The molecule has 1 aliphatic heterocycles. The highest BCUT2D eigenvalue weighted by Crippen LogP contribution is 2.31. The molecule has 194 valence electrons. The van der Waals surface area contributed by atoms with Crippen LogP contribution in [0.5, 0.6) is 5.75 Å². The molecule has 0 bridgehead atoms. The predicted octanol–water partition coefficient (Wildman–Crippen LogP) is 5.08. The number of carbonyl (C=O) groups excluding carboxylic acids is 1. The fourth-order valence-corrected chi connectivity index (χ4v) is 4.27. The van der Waals surface area contributed by atoms with Crippen molar-refractivity contribution < 1.29 is 37.1 Å². The molecule has 0 saturated carbocycles. The molecule has 3 rings (SSSR count). The van der Waals surface area contributed by atoms with Crippen LogP contribution in [0.3, 0.4) is 0 Å². The number of allylic oxidation sites excluding steroid dienone is 2. The van der Waals surface area contributed by atoms with Crippen molar-refractivity contribution >= 4 is 17.6 Å². The average Bonchev–Trinajstić information content (AvgIpc) is 2.80. The normalized spacial score (nSPS) is 21.2. The molecule has 1 aromatic rings. The van der Waals surface area contributed by atoms with Gasteiger partial charge in [-0.15, -0.1) is 0 Å². The summed E-state index contributed by atoms with van der Waals surface area (Å²) >= 11 is 0. The number of rotatable bonds is 6. The maximum Gasteiger partial charge on any atom is 0.547 e. The van der Waals surface area contributed by atoms with Gasteiger partial charge in [0.15, 0.2) is 0 Å². The summed E-state index contributed by atoms with van der Waals surface area (Å²) in [7, 11) is 0. The lowest BCUT2D eigenvalue weighted by Gasteiger charge is -2.23. The fourth-order valence-electron chi connectivity index (χ4n) is 4.27. The van der Waals surface area contributed by atoms with Crippen LogP contribution in [0.15, 0.2) is 30.3 Å². The molecule has 9 heteroatoms. The third-order valence-electron chi connectivity index (χ3n) is 6.24. The molecular formula is C26H36F3N2O4+. The van der Waals surface area contributed by atoms with Crippen molar-refractivity contribution in [2.24, 2.45) is 11.8 Å². The van der Waals surface area contributed by atoms with Crippen molar-refractivity contribution in [3.05, 3.63) is 35.9 Å². The number of aliphatic hydroxyl groups is 1. The Morgan fingerprint density at radius 3 is 2.31 bits per heavy atom. The quantitative estimate of drug-likeness (QED) is 0.425. The zero-order valence-electron chi connectivity index (χ0n) is 20.7. The molecular weight excluding hydrogens is 461 g/mol. The van der Waals surface area contributed by atoms with Gasteiger partial charge in [0.25, 0.3) is 0 Å². The highest BCUT2D eigenvalue weighted by molar-refractivity contribution is 5.80. The topological polar surface area (TPSA) is 70.8 Å². The largest absolute Gasteiger partial charge is 0.547 e. The van der Waals surface area contributed by atoms with E-state index < -0.39 is 30.1 Å². The minimum Gasteiger partial charge on any atom is -0.493 e. The first kappa shape index (κ1) is 26.9. The lowest BCUT2D eigenvalue weighted by atomic mass is 9.86. The smallest absolute Gasteiger partial charge is 0.493 e. The lowest BCUT2D eigenvalue weighted by molar-refractivity contribution is -0.558. The second-order valence-corrected chi connectivity index (χ2v) is 10.3. The van der Waals surface area contributed by atoms with E-state index in [4.69, 9.17) is 9.47 Å². The number of piperidine rings is 1. The Hall–Kier alpha value is -2.71. The molecule has 0 radical (unpaired) electrons. The van der Waals surface area contributed by atoms with Gasteiger partial charge in [-0.05, 0) is 63.3 Å². The Balaban J connectivity index is 1.44. The number of hydrogen-bond donors (Lipinski definition) is 2.